The van der Waals surface area contributed by atoms with Crippen LogP contribution < -0.4 is 14.8 Å². The van der Waals surface area contributed by atoms with Crippen LogP contribution in [0.15, 0.2) is 18.2 Å². The number of nitrogens with one attached hydrogen (secondary N) is 1. The molecule has 0 spiro atoms. The first-order valence-electron chi connectivity index (χ1n) is 7.37. The van der Waals surface area contributed by atoms with Crippen LogP contribution in [0.25, 0.3) is 0 Å². The normalized spacial score (nSPS) is 15.3. The maximum absolute atomic E-state index is 11.8. The number of amides is 1. The van der Waals surface area contributed by atoms with Gasteiger partial charge < -0.3 is 19.5 Å². The van der Waals surface area contributed by atoms with E-state index < -0.39 is 0 Å². The molecular formula is C16H23NO4. The standard InChI is InChI=1S/C16H23NO4/c1-19-14-8-12(9-15(10-14)20-2)11-17-16(18)21-13-6-4-3-5-7-13/h8-10,13H,3-7,11H2,1-2H3,(H,17,18). The van der Waals surface area contributed by atoms with Crippen molar-refractivity contribution in [3.63, 3.8) is 0 Å². The van der Waals surface area contributed by atoms with Gasteiger partial charge in [-0.2, -0.15) is 0 Å². The second-order valence-corrected chi connectivity index (χ2v) is 5.24. The average Bonchev–Trinajstić information content (AvgIpc) is 2.53. The molecule has 116 valence electrons. The van der Waals surface area contributed by atoms with E-state index in [1.165, 1.54) is 6.42 Å². The fraction of sp³-hybridized carbons (Fsp3) is 0.562. The number of carbonyl (C=O) groups excluding carboxylic acids is 1. The number of carbonyl (C=O) groups is 1. The van der Waals surface area contributed by atoms with Gasteiger partial charge in [-0.05, 0) is 43.4 Å². The number of ether oxygens (including phenoxy) is 3. The molecule has 0 aromatic heterocycles. The molecule has 1 aliphatic rings. The van der Waals surface area contributed by atoms with Crippen LogP contribution >= 0.6 is 0 Å². The quantitative estimate of drug-likeness (QED) is 0.905. The summed E-state index contributed by atoms with van der Waals surface area (Å²) in [5, 5.41) is 2.78. The Kier molecular flexibility index (Phi) is 5.72. The minimum atomic E-state index is -0.358. The molecule has 5 heteroatoms. The van der Waals surface area contributed by atoms with E-state index in [4.69, 9.17) is 14.2 Å². The molecule has 0 bridgehead atoms. The fourth-order valence-corrected chi connectivity index (χ4v) is 2.52. The number of benzene rings is 1. The molecule has 0 radical (unpaired) electrons. The average molecular weight is 293 g/mol. The van der Waals surface area contributed by atoms with Crippen LogP contribution in [0.2, 0.25) is 0 Å². The molecule has 1 fully saturated rings. The van der Waals surface area contributed by atoms with Gasteiger partial charge in [-0.3, -0.25) is 0 Å². The first-order chi connectivity index (χ1) is 10.2. The number of alkyl carbamates (subject to hydrolysis) is 1. The molecule has 1 saturated carbocycles. The van der Waals surface area contributed by atoms with Crippen molar-refractivity contribution < 1.29 is 19.0 Å². The van der Waals surface area contributed by atoms with E-state index in [0.717, 1.165) is 31.2 Å². The third-order valence-electron chi connectivity index (χ3n) is 3.67. The molecule has 1 aromatic carbocycles. The summed E-state index contributed by atoms with van der Waals surface area (Å²) in [6, 6.07) is 5.52. The summed E-state index contributed by atoms with van der Waals surface area (Å²) in [7, 11) is 3.20. The van der Waals surface area contributed by atoms with Gasteiger partial charge in [0.25, 0.3) is 0 Å². The third-order valence-corrected chi connectivity index (χ3v) is 3.67. The summed E-state index contributed by atoms with van der Waals surface area (Å²) >= 11 is 0. The molecule has 1 aliphatic carbocycles. The predicted molar refractivity (Wildman–Crippen MR) is 79.7 cm³/mol. The number of methoxy groups -OCH3 is 2. The maximum Gasteiger partial charge on any atom is 0.407 e. The monoisotopic (exact) mass is 293 g/mol. The zero-order valence-electron chi connectivity index (χ0n) is 12.7. The van der Waals surface area contributed by atoms with Crippen LogP contribution in [-0.2, 0) is 11.3 Å². The van der Waals surface area contributed by atoms with Gasteiger partial charge in [0.05, 0.1) is 14.2 Å². The highest BCUT2D eigenvalue weighted by Crippen LogP contribution is 2.23. The Morgan fingerprint density at radius 3 is 2.29 bits per heavy atom. The molecule has 0 aliphatic heterocycles. The van der Waals surface area contributed by atoms with Gasteiger partial charge in [-0.25, -0.2) is 4.79 Å². The minimum Gasteiger partial charge on any atom is -0.497 e. The SMILES string of the molecule is COc1cc(CNC(=O)OC2CCCCC2)cc(OC)c1. The van der Waals surface area contributed by atoms with Crippen molar-refractivity contribution in [3.05, 3.63) is 23.8 Å². The van der Waals surface area contributed by atoms with E-state index in [2.05, 4.69) is 5.32 Å². The van der Waals surface area contributed by atoms with Crippen molar-refractivity contribution in [2.45, 2.75) is 44.8 Å². The van der Waals surface area contributed by atoms with Crippen LogP contribution in [0.4, 0.5) is 4.79 Å². The lowest BCUT2D eigenvalue weighted by Gasteiger charge is -2.21. The highest BCUT2D eigenvalue weighted by molar-refractivity contribution is 5.67. The Hall–Kier alpha value is -1.91. The maximum atomic E-state index is 11.8. The van der Waals surface area contributed by atoms with Crippen molar-refractivity contribution in [1.29, 1.82) is 0 Å². The summed E-state index contributed by atoms with van der Waals surface area (Å²) in [4.78, 5) is 11.8. The molecule has 5 nitrogen and oxygen atoms in total. The molecule has 2 rings (SSSR count). The Balaban J connectivity index is 1.85. The van der Waals surface area contributed by atoms with Crippen molar-refractivity contribution in [1.82, 2.24) is 5.32 Å². The first-order valence-corrected chi connectivity index (χ1v) is 7.37. The molecule has 0 saturated heterocycles. The van der Waals surface area contributed by atoms with Gasteiger partial charge in [-0.1, -0.05) is 6.42 Å². The molecular weight excluding hydrogens is 270 g/mol. The summed E-state index contributed by atoms with van der Waals surface area (Å²) in [6.45, 7) is 0.388. The van der Waals surface area contributed by atoms with E-state index >= 15 is 0 Å². The van der Waals surface area contributed by atoms with Crippen molar-refractivity contribution >= 4 is 6.09 Å². The van der Waals surface area contributed by atoms with Crippen LogP contribution in [-0.4, -0.2) is 26.4 Å². The lowest BCUT2D eigenvalue weighted by molar-refractivity contribution is 0.0750. The zero-order valence-corrected chi connectivity index (χ0v) is 12.7. The molecule has 0 unspecified atom stereocenters. The van der Waals surface area contributed by atoms with E-state index in [1.807, 2.05) is 12.1 Å². The van der Waals surface area contributed by atoms with Gasteiger partial charge >= 0.3 is 6.09 Å². The van der Waals surface area contributed by atoms with E-state index in [-0.39, 0.29) is 12.2 Å². The summed E-state index contributed by atoms with van der Waals surface area (Å²) in [6.07, 6.45) is 5.18. The van der Waals surface area contributed by atoms with Gasteiger partial charge in [0, 0.05) is 12.6 Å². The molecule has 1 amide bonds. The molecule has 0 atom stereocenters. The van der Waals surface area contributed by atoms with Crippen LogP contribution in [0, 0.1) is 0 Å². The highest BCUT2D eigenvalue weighted by Gasteiger charge is 2.17. The second kappa shape index (κ2) is 7.76. The lowest BCUT2D eigenvalue weighted by atomic mass is 9.98. The zero-order chi connectivity index (χ0) is 15.1. The minimum absolute atomic E-state index is 0.0681. The largest absolute Gasteiger partial charge is 0.497 e. The van der Waals surface area contributed by atoms with Crippen LogP contribution in [0.5, 0.6) is 11.5 Å². The van der Waals surface area contributed by atoms with Crippen LogP contribution in [0.3, 0.4) is 0 Å². The smallest absolute Gasteiger partial charge is 0.407 e. The van der Waals surface area contributed by atoms with Crippen molar-refractivity contribution in [3.8, 4) is 11.5 Å². The number of hydrogen-bond donors (Lipinski definition) is 1. The van der Waals surface area contributed by atoms with E-state index in [0.29, 0.717) is 18.0 Å². The van der Waals surface area contributed by atoms with Crippen molar-refractivity contribution in [2.75, 3.05) is 14.2 Å². The summed E-state index contributed by atoms with van der Waals surface area (Å²) in [5.74, 6) is 1.40. The van der Waals surface area contributed by atoms with Crippen molar-refractivity contribution in [2.24, 2.45) is 0 Å². The van der Waals surface area contributed by atoms with Gasteiger partial charge in [-0.15, -0.1) is 0 Å². The topological polar surface area (TPSA) is 56.8 Å². The Labute approximate surface area is 125 Å². The first kappa shape index (κ1) is 15.5. The van der Waals surface area contributed by atoms with E-state index in [9.17, 15) is 4.79 Å². The Morgan fingerprint density at radius 1 is 1.10 bits per heavy atom. The molecule has 0 heterocycles. The number of hydrogen-bond acceptors (Lipinski definition) is 4. The third kappa shape index (κ3) is 4.85. The van der Waals surface area contributed by atoms with Crippen LogP contribution in [0.1, 0.15) is 37.7 Å². The molecule has 1 aromatic rings. The Bertz CT molecular complexity index is 447. The summed E-state index contributed by atoms with van der Waals surface area (Å²) in [5.41, 5.74) is 0.909. The highest BCUT2D eigenvalue weighted by atomic mass is 16.6. The lowest BCUT2D eigenvalue weighted by Crippen LogP contribution is -2.29. The molecule has 1 N–H and O–H groups in total. The fourth-order valence-electron chi connectivity index (χ4n) is 2.52. The predicted octanol–water partition coefficient (Wildman–Crippen LogP) is 3.26. The summed E-state index contributed by atoms with van der Waals surface area (Å²) < 4.78 is 15.8. The van der Waals surface area contributed by atoms with Gasteiger partial charge in [0.2, 0.25) is 0 Å². The number of rotatable bonds is 5. The molecule has 21 heavy (non-hydrogen) atoms. The van der Waals surface area contributed by atoms with E-state index in [1.54, 1.807) is 20.3 Å². The van der Waals surface area contributed by atoms with Gasteiger partial charge in [0.1, 0.15) is 17.6 Å². The van der Waals surface area contributed by atoms with Gasteiger partial charge in [0.15, 0.2) is 0 Å². The second-order valence-electron chi connectivity index (χ2n) is 5.24. The Morgan fingerprint density at radius 2 is 1.71 bits per heavy atom.